The summed E-state index contributed by atoms with van der Waals surface area (Å²) in [4.78, 5) is 22.5. The zero-order valence-electron chi connectivity index (χ0n) is 59.6. The molecule has 0 aromatic heterocycles. The van der Waals surface area contributed by atoms with Crippen LogP contribution in [0, 0.1) is 0 Å². The maximum Gasteiger partial charge on any atom is 0.305 e. The number of aliphatic hydroxyl groups excluding tert-OH is 4. The molecule has 4 atom stereocenters. The predicted octanol–water partition coefficient (Wildman–Crippen LogP) is 19.9. The molecule has 0 aromatic rings. The van der Waals surface area contributed by atoms with E-state index in [0.29, 0.717) is 39.2 Å². The normalized spacial score (nSPS) is 15.0. The van der Waals surface area contributed by atoms with Gasteiger partial charge in [-0.3, -0.25) is 24.4 Å². The molecule has 4 unspecified atom stereocenters. The Kier molecular flexibility index (Phi) is 66.7. The van der Waals surface area contributed by atoms with E-state index in [4.69, 9.17) is 4.74 Å². The second-order valence-corrected chi connectivity index (χ2v) is 30.1. The highest BCUT2D eigenvalue weighted by atomic mass is 33.1. The van der Waals surface area contributed by atoms with Gasteiger partial charge in [-0.05, 0) is 116 Å². The summed E-state index contributed by atoms with van der Waals surface area (Å²) in [6, 6.07) is 0. The second kappa shape index (κ2) is 68.7. The second-order valence-electron chi connectivity index (χ2n) is 27.4. The average Bonchev–Trinajstić information content (AvgIpc) is 3.61. The third kappa shape index (κ3) is 61.9. The first-order chi connectivity index (χ1) is 43.7. The van der Waals surface area contributed by atoms with E-state index in [0.717, 1.165) is 167 Å². The Labute approximate surface area is 561 Å². The van der Waals surface area contributed by atoms with Crippen LogP contribution in [0.1, 0.15) is 342 Å². The van der Waals surface area contributed by atoms with Crippen LogP contribution in [-0.4, -0.2) is 167 Å². The summed E-state index contributed by atoms with van der Waals surface area (Å²) < 4.78 is 5.75. The first-order valence-electron chi connectivity index (χ1n) is 39.0. The average molecular weight is 1290 g/mol. The van der Waals surface area contributed by atoms with Gasteiger partial charge in [0.25, 0.3) is 0 Å². The molecule has 1 rings (SSSR count). The van der Waals surface area contributed by atoms with Gasteiger partial charge in [0.05, 0.1) is 24.4 Å². The Balaban J connectivity index is 2.38. The van der Waals surface area contributed by atoms with Crippen molar-refractivity contribution < 1.29 is 30.0 Å². The SMILES string of the molecule is CCCCCCCC/C=C\CCCCCCC(O)CN(CCCCC(=O)OCCN1CCN(CCSSCCCCN(CC(O)CCCCCCCCCC)CC(O)CCCCCCCCCC)CC1)CC(O)CCCCCC/C=C\CCCCCCCC. The minimum atomic E-state index is -0.398. The van der Waals surface area contributed by atoms with Crippen molar-refractivity contribution in [2.45, 2.75) is 367 Å². The number of aliphatic hydroxyl groups is 4. The van der Waals surface area contributed by atoms with Crippen LogP contribution < -0.4 is 0 Å². The van der Waals surface area contributed by atoms with E-state index in [1.807, 2.05) is 21.6 Å². The summed E-state index contributed by atoms with van der Waals surface area (Å²) in [5.74, 6) is 2.14. The van der Waals surface area contributed by atoms with Gasteiger partial charge in [-0.15, -0.1) is 0 Å². The molecular formula is C77H152N4O6S2. The highest BCUT2D eigenvalue weighted by molar-refractivity contribution is 8.76. The van der Waals surface area contributed by atoms with Gasteiger partial charge in [-0.2, -0.15) is 0 Å². The maximum atomic E-state index is 12.9. The zero-order valence-corrected chi connectivity index (χ0v) is 61.2. The minimum Gasteiger partial charge on any atom is -0.464 e. The van der Waals surface area contributed by atoms with Crippen LogP contribution in [0.25, 0.3) is 0 Å². The van der Waals surface area contributed by atoms with Crippen molar-refractivity contribution in [3.05, 3.63) is 24.3 Å². The molecule has 12 heteroatoms. The number of unbranched alkanes of at least 4 members (excludes halogenated alkanes) is 36. The molecule has 528 valence electrons. The van der Waals surface area contributed by atoms with Crippen molar-refractivity contribution in [3.63, 3.8) is 0 Å². The molecular weight excluding hydrogens is 1140 g/mol. The first-order valence-corrected chi connectivity index (χ1v) is 41.5. The number of hydrogen-bond donors (Lipinski definition) is 4. The predicted molar refractivity (Wildman–Crippen MR) is 393 cm³/mol. The number of rotatable bonds is 71. The summed E-state index contributed by atoms with van der Waals surface area (Å²) in [5, 5.41) is 44.4. The lowest BCUT2D eigenvalue weighted by molar-refractivity contribution is -0.144. The highest BCUT2D eigenvalue weighted by Crippen LogP contribution is 2.24. The van der Waals surface area contributed by atoms with Crippen molar-refractivity contribution >= 4 is 27.6 Å². The number of esters is 1. The Morgan fingerprint density at radius 3 is 1.01 bits per heavy atom. The molecule has 0 amide bonds. The molecule has 1 heterocycles. The Hall–Kier alpha value is -0.670. The first kappa shape index (κ1) is 86.3. The lowest BCUT2D eigenvalue weighted by Crippen LogP contribution is -2.47. The molecule has 10 nitrogen and oxygen atoms in total. The van der Waals surface area contributed by atoms with Crippen LogP contribution in [-0.2, 0) is 9.53 Å². The maximum absolute atomic E-state index is 12.9. The number of nitrogens with zero attached hydrogens (tertiary/aromatic N) is 4. The summed E-state index contributed by atoms with van der Waals surface area (Å²) in [5.41, 5.74) is 0. The smallest absolute Gasteiger partial charge is 0.305 e. The summed E-state index contributed by atoms with van der Waals surface area (Å²) in [6.07, 6.45) is 66.5. The van der Waals surface area contributed by atoms with Crippen LogP contribution in [0.2, 0.25) is 0 Å². The van der Waals surface area contributed by atoms with E-state index >= 15 is 0 Å². The van der Waals surface area contributed by atoms with Gasteiger partial charge in [-0.25, -0.2) is 0 Å². The van der Waals surface area contributed by atoms with Crippen molar-refractivity contribution in [1.82, 2.24) is 19.6 Å². The van der Waals surface area contributed by atoms with Crippen LogP contribution in [0.5, 0.6) is 0 Å². The van der Waals surface area contributed by atoms with Gasteiger partial charge in [0.15, 0.2) is 0 Å². The van der Waals surface area contributed by atoms with Gasteiger partial charge in [0, 0.05) is 83.4 Å². The Morgan fingerprint density at radius 1 is 0.371 bits per heavy atom. The molecule has 1 saturated heterocycles. The molecule has 0 aromatic carbocycles. The van der Waals surface area contributed by atoms with Crippen molar-refractivity contribution in [2.75, 3.05) is 96.6 Å². The van der Waals surface area contributed by atoms with Crippen LogP contribution in [0.15, 0.2) is 24.3 Å². The number of allylic oxidation sites excluding steroid dienone is 4. The molecule has 89 heavy (non-hydrogen) atoms. The van der Waals surface area contributed by atoms with Crippen LogP contribution in [0.4, 0.5) is 0 Å². The number of hydrogen-bond acceptors (Lipinski definition) is 12. The van der Waals surface area contributed by atoms with Crippen molar-refractivity contribution in [3.8, 4) is 0 Å². The molecule has 4 N–H and O–H groups in total. The molecule has 1 aliphatic rings. The van der Waals surface area contributed by atoms with E-state index in [9.17, 15) is 25.2 Å². The van der Waals surface area contributed by atoms with E-state index in [-0.39, 0.29) is 18.2 Å². The minimum absolute atomic E-state index is 0.116. The van der Waals surface area contributed by atoms with E-state index in [2.05, 4.69) is 71.6 Å². The molecule has 0 spiro atoms. The summed E-state index contributed by atoms with van der Waals surface area (Å²) >= 11 is 0. The monoisotopic (exact) mass is 1290 g/mol. The summed E-state index contributed by atoms with van der Waals surface area (Å²) in [7, 11) is 3.99. The fraction of sp³-hybridized carbons (Fsp3) is 0.935. The fourth-order valence-electron chi connectivity index (χ4n) is 12.6. The number of ether oxygens (including phenoxy) is 1. The molecule has 0 aliphatic carbocycles. The molecule has 0 saturated carbocycles. The fourth-order valence-corrected chi connectivity index (χ4v) is 14.8. The highest BCUT2D eigenvalue weighted by Gasteiger charge is 2.20. The van der Waals surface area contributed by atoms with Crippen molar-refractivity contribution in [2.24, 2.45) is 0 Å². The quantitative estimate of drug-likeness (QED) is 0.0201. The van der Waals surface area contributed by atoms with Gasteiger partial charge in [-0.1, -0.05) is 279 Å². The topological polar surface area (TPSA) is 120 Å². The molecule has 0 bridgehead atoms. The van der Waals surface area contributed by atoms with Crippen molar-refractivity contribution in [1.29, 1.82) is 0 Å². The summed E-state index contributed by atoms with van der Waals surface area (Å²) in [6.45, 7) is 19.8. The van der Waals surface area contributed by atoms with E-state index < -0.39 is 12.2 Å². The lowest BCUT2D eigenvalue weighted by Gasteiger charge is -2.34. The van der Waals surface area contributed by atoms with Crippen LogP contribution >= 0.6 is 21.6 Å². The number of piperazine rings is 1. The standard InChI is InChI=1S/C77H152N4O6S2/c1-5-9-13-17-21-25-27-29-31-33-35-39-43-47-53-73(82)69-80(70-74(83)54-48-44-40-36-34-32-30-28-26-22-18-14-10-6-2)58-50-49-57-77(86)87-66-64-78-60-62-79(63-61-78)65-68-89-88-67-52-51-59-81(71-75(84)55-45-41-37-23-19-15-11-7-3)72-76(85)56-46-42-38-24-20-16-12-8-4/h29-32,73-76,82-85H,5-28,33-72H2,1-4H3/b31-29-,32-30-. The number of carbonyl (C=O) groups excluding carboxylic acids is 1. The van der Waals surface area contributed by atoms with Gasteiger partial charge >= 0.3 is 5.97 Å². The largest absolute Gasteiger partial charge is 0.464 e. The molecule has 1 fully saturated rings. The van der Waals surface area contributed by atoms with Gasteiger partial charge in [0.1, 0.15) is 6.61 Å². The Bertz CT molecular complexity index is 1420. The lowest BCUT2D eigenvalue weighted by atomic mass is 10.0. The van der Waals surface area contributed by atoms with Crippen LogP contribution in [0.3, 0.4) is 0 Å². The van der Waals surface area contributed by atoms with Gasteiger partial charge in [0.2, 0.25) is 0 Å². The number of carbonyl (C=O) groups is 1. The van der Waals surface area contributed by atoms with Gasteiger partial charge < -0.3 is 25.2 Å². The Morgan fingerprint density at radius 2 is 0.663 bits per heavy atom. The third-order valence-electron chi connectivity index (χ3n) is 18.5. The molecule has 0 radical (unpaired) electrons. The third-order valence-corrected chi connectivity index (χ3v) is 21.0. The van der Waals surface area contributed by atoms with E-state index in [1.165, 1.54) is 205 Å². The molecule has 1 aliphatic heterocycles. The zero-order chi connectivity index (χ0) is 64.4. The van der Waals surface area contributed by atoms with E-state index in [1.54, 1.807) is 0 Å².